The zero-order chi connectivity index (χ0) is 39.7. The van der Waals surface area contributed by atoms with Crippen LogP contribution in [-0.4, -0.2) is 99.7 Å². The number of aliphatic hydroxyl groups is 2. The van der Waals surface area contributed by atoms with Crippen LogP contribution in [0.3, 0.4) is 0 Å². The monoisotopic (exact) mass is 771 g/mol. The molecule has 0 radical (unpaired) electrons. The third-order valence-electron chi connectivity index (χ3n) is 9.61. The van der Waals surface area contributed by atoms with Crippen molar-refractivity contribution in [2.45, 2.75) is 0 Å². The van der Waals surface area contributed by atoms with E-state index in [1.54, 1.807) is 4.90 Å². The number of hydrogen-bond donors (Lipinski definition) is 6. The Morgan fingerprint density at radius 2 is 1.37 bits per heavy atom. The summed E-state index contributed by atoms with van der Waals surface area (Å²) < 4.78 is 5.80. The fourth-order valence-corrected chi connectivity index (χ4v) is 6.42. The van der Waals surface area contributed by atoms with Crippen molar-refractivity contribution in [2.24, 2.45) is 24.3 Å². The number of rotatable bonds is 15. The van der Waals surface area contributed by atoms with Crippen molar-refractivity contribution in [3.8, 4) is 0 Å². The molecule has 57 heavy (non-hydrogen) atoms. The smallest absolute Gasteiger partial charge is 0.395 e. The summed E-state index contributed by atoms with van der Waals surface area (Å²) in [7, 11) is 5.83. The van der Waals surface area contributed by atoms with Gasteiger partial charge in [0.15, 0.2) is 0 Å². The van der Waals surface area contributed by atoms with E-state index in [4.69, 9.17) is 15.0 Å². The van der Waals surface area contributed by atoms with E-state index in [0.29, 0.717) is 30.9 Å². The highest BCUT2D eigenvalue weighted by molar-refractivity contribution is 5.98. The summed E-state index contributed by atoms with van der Waals surface area (Å²) in [5.41, 5.74) is 12.8. The fraction of sp³-hybridized carbons (Fsp3) is 0.275. The van der Waals surface area contributed by atoms with Crippen molar-refractivity contribution in [3.63, 3.8) is 0 Å². The molecule has 0 bridgehead atoms. The molecule has 1 saturated heterocycles. The molecular formula is C40H49N15O2+2. The van der Waals surface area contributed by atoms with Crippen molar-refractivity contribution in [2.75, 3.05) is 90.3 Å². The highest BCUT2D eigenvalue weighted by Gasteiger charge is 2.23. The number of nitrogens with one attached hydrogen (secondary N) is 4. The van der Waals surface area contributed by atoms with Gasteiger partial charge in [-0.15, -0.1) is 0 Å². The van der Waals surface area contributed by atoms with Gasteiger partial charge in [-0.25, -0.2) is 19.1 Å². The van der Waals surface area contributed by atoms with Crippen molar-refractivity contribution in [3.05, 3.63) is 110 Å². The van der Waals surface area contributed by atoms with Gasteiger partial charge in [0, 0.05) is 67.1 Å². The molecule has 2 aliphatic rings. The molecule has 0 amide bonds. The first-order valence-electron chi connectivity index (χ1n) is 18.7. The molecule has 5 aromatic rings. The highest BCUT2D eigenvalue weighted by atomic mass is 16.3. The average Bonchev–Trinajstić information content (AvgIpc) is 3.74. The van der Waals surface area contributed by atoms with Gasteiger partial charge in [-0.3, -0.25) is 0 Å². The summed E-state index contributed by atoms with van der Waals surface area (Å²) in [5.74, 6) is 2.93. The van der Waals surface area contributed by atoms with Crippen LogP contribution in [-0.2, 0) is 14.1 Å². The molecule has 0 saturated carbocycles. The SMILES string of the molecule is C=C1C=C[N+](C)=C1NNc1ccc(N2CCN(c3nc(Nc4ccc(Nc5ccc(N=Nc6n(C)cc[n+]6C)cc5)cc4)nc(N(CCO)CCO)n3)CC2)cc1. The highest BCUT2D eigenvalue weighted by Crippen LogP contribution is 2.26. The van der Waals surface area contributed by atoms with E-state index in [1.165, 1.54) is 0 Å². The van der Waals surface area contributed by atoms with Crippen LogP contribution in [0.5, 0.6) is 0 Å². The van der Waals surface area contributed by atoms with Gasteiger partial charge >= 0.3 is 11.8 Å². The molecule has 6 N–H and O–H groups in total. The van der Waals surface area contributed by atoms with Crippen LogP contribution in [0.4, 0.5) is 57.9 Å². The van der Waals surface area contributed by atoms with Gasteiger partial charge in [-0.05, 0) is 78.9 Å². The lowest BCUT2D eigenvalue weighted by Crippen LogP contribution is -2.47. The molecule has 17 nitrogen and oxygen atoms in total. The average molecular weight is 772 g/mol. The van der Waals surface area contributed by atoms with Crippen LogP contribution in [0.15, 0.2) is 120 Å². The fourth-order valence-electron chi connectivity index (χ4n) is 6.42. The lowest BCUT2D eigenvalue weighted by Gasteiger charge is -2.36. The minimum atomic E-state index is -0.108. The molecule has 17 heteroatoms. The number of anilines is 8. The Labute approximate surface area is 331 Å². The number of nitrogens with zero attached hydrogens (tertiary/aromatic N) is 11. The van der Waals surface area contributed by atoms with E-state index in [-0.39, 0.29) is 26.3 Å². The summed E-state index contributed by atoms with van der Waals surface area (Å²) in [4.78, 5) is 20.6. The summed E-state index contributed by atoms with van der Waals surface area (Å²) in [6, 6.07) is 23.9. The minimum absolute atomic E-state index is 0.108. The predicted octanol–water partition coefficient (Wildman–Crippen LogP) is 4.10. The molecule has 2 aliphatic heterocycles. The predicted molar refractivity (Wildman–Crippen MR) is 224 cm³/mol. The molecular weight excluding hydrogens is 723 g/mol. The number of piperazine rings is 1. The van der Waals surface area contributed by atoms with Crippen molar-refractivity contribution in [1.82, 2.24) is 24.9 Å². The molecule has 3 aromatic carbocycles. The maximum atomic E-state index is 9.77. The van der Waals surface area contributed by atoms with E-state index in [2.05, 4.69) is 72.4 Å². The van der Waals surface area contributed by atoms with E-state index < -0.39 is 0 Å². The van der Waals surface area contributed by atoms with E-state index >= 15 is 0 Å². The van der Waals surface area contributed by atoms with Crippen LogP contribution in [0.2, 0.25) is 0 Å². The summed E-state index contributed by atoms with van der Waals surface area (Å²) in [6.45, 7) is 7.32. The zero-order valence-corrected chi connectivity index (χ0v) is 32.4. The molecule has 4 heterocycles. The van der Waals surface area contributed by atoms with Crippen LogP contribution in [0.25, 0.3) is 0 Å². The number of hydrogen-bond acceptors (Lipinski definition) is 14. The molecule has 2 aromatic heterocycles. The molecule has 294 valence electrons. The number of hydrazine groups is 1. The normalized spacial score (nSPS) is 14.2. The molecule has 0 atom stereocenters. The summed E-state index contributed by atoms with van der Waals surface area (Å²) in [6.07, 6.45) is 7.79. The van der Waals surface area contributed by atoms with Crippen LogP contribution in [0.1, 0.15) is 0 Å². The van der Waals surface area contributed by atoms with Gasteiger partial charge in [-0.2, -0.15) is 20.4 Å². The van der Waals surface area contributed by atoms with Crippen molar-refractivity contribution >= 4 is 63.8 Å². The van der Waals surface area contributed by atoms with E-state index in [9.17, 15) is 10.2 Å². The Kier molecular flexibility index (Phi) is 12.0. The van der Waals surface area contributed by atoms with E-state index in [1.807, 2.05) is 108 Å². The van der Waals surface area contributed by atoms with Crippen LogP contribution < -0.4 is 40.8 Å². The second kappa shape index (κ2) is 17.7. The molecule has 0 unspecified atom stereocenters. The second-order valence-corrected chi connectivity index (χ2v) is 13.7. The van der Waals surface area contributed by atoms with E-state index in [0.717, 1.165) is 64.6 Å². The molecule has 0 spiro atoms. The first-order chi connectivity index (χ1) is 27.8. The number of imidazole rings is 1. The standard InChI is InChI=1S/C40H47N15O2/c1-29-17-18-50(2)36(29)48-46-34-13-15-35(16-14-34)53-21-23-54(24-22-53)38-43-37(44-39(45-38)55(25-27-56)26-28-57)42-32-7-5-30(6-8-32)41-31-9-11-33(12-10-31)47-49-40-51(3)19-20-52(40)4/h5-20,46,56-57H,1,21-28H2,2-4H3,(H,42,43,44,45,47)/p+2. The molecule has 0 aliphatic carbocycles. The van der Waals surface area contributed by atoms with Crippen LogP contribution in [0, 0.1) is 0 Å². The van der Waals surface area contributed by atoms with Crippen molar-refractivity contribution < 1.29 is 19.4 Å². The number of aryl methyl sites for hydroxylation is 2. The quantitative estimate of drug-likeness (QED) is 0.0512. The van der Waals surface area contributed by atoms with Gasteiger partial charge in [-0.1, -0.05) is 11.7 Å². The number of aromatic nitrogens is 5. The number of benzene rings is 3. The zero-order valence-electron chi connectivity index (χ0n) is 32.4. The van der Waals surface area contributed by atoms with Gasteiger partial charge in [0.05, 0.1) is 64.2 Å². The molecule has 1 fully saturated rings. The molecule has 7 rings (SSSR count). The number of azo groups is 1. The summed E-state index contributed by atoms with van der Waals surface area (Å²) >= 11 is 0. The Balaban J connectivity index is 0.987. The largest absolute Gasteiger partial charge is 0.421 e. The Morgan fingerprint density at radius 3 is 1.96 bits per heavy atom. The first-order valence-corrected chi connectivity index (χ1v) is 18.7. The lowest BCUT2D eigenvalue weighted by molar-refractivity contribution is -0.657. The van der Waals surface area contributed by atoms with Gasteiger partial charge < -0.3 is 35.5 Å². The van der Waals surface area contributed by atoms with Gasteiger partial charge in [0.2, 0.25) is 17.8 Å². The van der Waals surface area contributed by atoms with Crippen LogP contribution >= 0.6 is 0 Å². The van der Waals surface area contributed by atoms with Gasteiger partial charge in [0.25, 0.3) is 0 Å². The third kappa shape index (κ3) is 9.52. The van der Waals surface area contributed by atoms with Crippen molar-refractivity contribution in [1.29, 1.82) is 0 Å². The number of aliphatic hydroxyl groups excluding tert-OH is 2. The van der Waals surface area contributed by atoms with Gasteiger partial charge in [0.1, 0.15) is 5.69 Å². The number of amidine groups is 1. The minimum Gasteiger partial charge on any atom is -0.395 e. The summed E-state index contributed by atoms with van der Waals surface area (Å²) in [5, 5.41) is 35.0. The Bertz CT molecular complexity index is 2220. The maximum Gasteiger partial charge on any atom is 0.421 e. The maximum absolute atomic E-state index is 9.77. The third-order valence-corrected chi connectivity index (χ3v) is 9.61. The topological polar surface area (TPSA) is 174 Å². The second-order valence-electron chi connectivity index (χ2n) is 13.7. The Morgan fingerprint density at radius 1 is 0.754 bits per heavy atom. The lowest BCUT2D eigenvalue weighted by atomic mass is 10.2. The first kappa shape index (κ1) is 38.4. The Hall–Kier alpha value is -6.85.